The fourth-order valence-corrected chi connectivity index (χ4v) is 4.49. The SMILES string of the molecule is CCSc1ccc(C(C2=CCC(C(=O)c3ccc(C)cc3)N2)c2ccccc2)[nH]1. The van der Waals surface area contributed by atoms with Crippen LogP contribution in [-0.2, 0) is 0 Å². The van der Waals surface area contributed by atoms with Crippen molar-refractivity contribution in [3.63, 3.8) is 0 Å². The van der Waals surface area contributed by atoms with E-state index in [-0.39, 0.29) is 17.7 Å². The molecule has 0 amide bonds. The summed E-state index contributed by atoms with van der Waals surface area (Å²) in [6.07, 6.45) is 2.89. The third-order valence-electron chi connectivity index (χ3n) is 5.30. The molecule has 0 saturated carbocycles. The molecule has 4 rings (SSSR count). The first-order chi connectivity index (χ1) is 14.2. The lowest BCUT2D eigenvalue weighted by atomic mass is 9.92. The quantitative estimate of drug-likeness (QED) is 0.394. The lowest BCUT2D eigenvalue weighted by Crippen LogP contribution is -2.33. The molecule has 4 heteroatoms. The number of hydrogen-bond donors (Lipinski definition) is 2. The number of thioether (sulfide) groups is 1. The number of benzene rings is 2. The normalized spacial score (nSPS) is 16.9. The van der Waals surface area contributed by atoms with E-state index in [1.165, 1.54) is 10.6 Å². The second-order valence-electron chi connectivity index (χ2n) is 7.38. The first-order valence-electron chi connectivity index (χ1n) is 10.1. The summed E-state index contributed by atoms with van der Waals surface area (Å²) in [6.45, 7) is 4.19. The number of rotatable bonds is 7. The van der Waals surface area contributed by atoms with Crippen molar-refractivity contribution in [3.05, 3.63) is 101 Å². The molecule has 0 saturated heterocycles. The van der Waals surface area contributed by atoms with Crippen LogP contribution in [-0.4, -0.2) is 22.6 Å². The number of aromatic nitrogens is 1. The summed E-state index contributed by atoms with van der Waals surface area (Å²) >= 11 is 1.81. The molecule has 2 N–H and O–H groups in total. The Morgan fingerprint density at radius 2 is 1.83 bits per heavy atom. The highest BCUT2D eigenvalue weighted by atomic mass is 32.2. The number of carbonyl (C=O) groups excluding carboxylic acids is 1. The van der Waals surface area contributed by atoms with Crippen LogP contribution in [0, 0.1) is 6.92 Å². The average Bonchev–Trinajstić information content (AvgIpc) is 3.40. The Labute approximate surface area is 176 Å². The van der Waals surface area contributed by atoms with E-state index in [2.05, 4.69) is 59.7 Å². The van der Waals surface area contributed by atoms with Gasteiger partial charge in [-0.15, -0.1) is 11.8 Å². The Bertz CT molecular complexity index is 1000. The average molecular weight is 403 g/mol. The zero-order valence-electron chi connectivity index (χ0n) is 16.8. The van der Waals surface area contributed by atoms with Gasteiger partial charge in [0.25, 0.3) is 0 Å². The Hall–Kier alpha value is -2.72. The maximum Gasteiger partial charge on any atom is 0.185 e. The summed E-state index contributed by atoms with van der Waals surface area (Å²) < 4.78 is 0. The molecule has 2 atom stereocenters. The van der Waals surface area contributed by atoms with E-state index in [1.807, 2.05) is 37.3 Å². The molecule has 148 valence electrons. The smallest absolute Gasteiger partial charge is 0.185 e. The van der Waals surface area contributed by atoms with Crippen molar-refractivity contribution in [3.8, 4) is 0 Å². The Balaban J connectivity index is 1.58. The third kappa shape index (κ3) is 4.33. The maximum atomic E-state index is 13.0. The van der Waals surface area contributed by atoms with E-state index in [0.29, 0.717) is 6.42 Å². The van der Waals surface area contributed by atoms with Gasteiger partial charge >= 0.3 is 0 Å². The van der Waals surface area contributed by atoms with E-state index in [0.717, 1.165) is 28.3 Å². The monoisotopic (exact) mass is 402 g/mol. The zero-order valence-corrected chi connectivity index (χ0v) is 17.6. The molecule has 0 spiro atoms. The van der Waals surface area contributed by atoms with Crippen LogP contribution in [0.1, 0.15) is 46.4 Å². The molecular weight excluding hydrogens is 376 g/mol. The van der Waals surface area contributed by atoms with Crippen molar-refractivity contribution >= 4 is 17.5 Å². The Morgan fingerprint density at radius 3 is 2.55 bits per heavy atom. The van der Waals surface area contributed by atoms with E-state index in [1.54, 1.807) is 11.8 Å². The van der Waals surface area contributed by atoms with E-state index < -0.39 is 0 Å². The van der Waals surface area contributed by atoms with Gasteiger partial charge in [-0.05, 0) is 36.8 Å². The van der Waals surface area contributed by atoms with Crippen molar-refractivity contribution in [2.75, 3.05) is 5.75 Å². The predicted molar refractivity (Wildman–Crippen MR) is 121 cm³/mol. The first kappa shape index (κ1) is 19.6. The maximum absolute atomic E-state index is 13.0. The van der Waals surface area contributed by atoms with Gasteiger partial charge in [-0.25, -0.2) is 0 Å². The van der Waals surface area contributed by atoms with Gasteiger partial charge < -0.3 is 10.3 Å². The number of ketones is 1. The highest BCUT2D eigenvalue weighted by Crippen LogP contribution is 2.34. The second kappa shape index (κ2) is 8.75. The summed E-state index contributed by atoms with van der Waals surface area (Å²) in [5, 5.41) is 4.70. The molecule has 2 heterocycles. The van der Waals surface area contributed by atoms with E-state index in [4.69, 9.17) is 0 Å². The molecule has 0 fully saturated rings. The number of H-pyrrole nitrogens is 1. The van der Waals surface area contributed by atoms with Gasteiger partial charge in [0.05, 0.1) is 17.0 Å². The molecule has 3 aromatic rings. The minimum atomic E-state index is -0.210. The molecule has 3 nitrogen and oxygen atoms in total. The fraction of sp³-hybridized carbons (Fsp3) is 0.240. The highest BCUT2D eigenvalue weighted by Gasteiger charge is 2.30. The highest BCUT2D eigenvalue weighted by molar-refractivity contribution is 7.99. The Morgan fingerprint density at radius 1 is 1.07 bits per heavy atom. The van der Waals surface area contributed by atoms with Crippen LogP contribution in [0.3, 0.4) is 0 Å². The molecule has 1 aliphatic rings. The number of allylic oxidation sites excluding steroid dienone is 1. The van der Waals surface area contributed by atoms with Gasteiger partial charge in [0.15, 0.2) is 5.78 Å². The van der Waals surface area contributed by atoms with Crippen molar-refractivity contribution in [2.24, 2.45) is 0 Å². The summed E-state index contributed by atoms with van der Waals surface area (Å²) in [4.78, 5) is 16.6. The molecular formula is C25H26N2OS. The van der Waals surface area contributed by atoms with Crippen LogP contribution in [0.25, 0.3) is 0 Å². The predicted octanol–water partition coefficient (Wildman–Crippen LogP) is 5.70. The van der Waals surface area contributed by atoms with Crippen LogP contribution in [0.4, 0.5) is 0 Å². The summed E-state index contributed by atoms with van der Waals surface area (Å²) in [5.41, 5.74) is 5.38. The van der Waals surface area contributed by atoms with Crippen molar-refractivity contribution in [2.45, 2.75) is 37.3 Å². The van der Waals surface area contributed by atoms with Gasteiger partial charge in [0.1, 0.15) is 0 Å². The largest absolute Gasteiger partial charge is 0.377 e. The lowest BCUT2D eigenvalue weighted by molar-refractivity contribution is 0.0953. The van der Waals surface area contributed by atoms with Crippen LogP contribution >= 0.6 is 11.8 Å². The zero-order chi connectivity index (χ0) is 20.2. The van der Waals surface area contributed by atoms with Crippen LogP contribution in [0.15, 0.2) is 83.5 Å². The lowest BCUT2D eigenvalue weighted by Gasteiger charge is -2.21. The molecule has 0 aliphatic carbocycles. The van der Waals surface area contributed by atoms with Crippen molar-refractivity contribution < 1.29 is 4.79 Å². The number of aromatic amines is 1. The number of aryl methyl sites for hydroxylation is 1. The van der Waals surface area contributed by atoms with Crippen LogP contribution in [0.2, 0.25) is 0 Å². The third-order valence-corrected chi connectivity index (χ3v) is 6.14. The van der Waals surface area contributed by atoms with Gasteiger partial charge in [0, 0.05) is 17.0 Å². The van der Waals surface area contributed by atoms with Gasteiger partial charge in [-0.2, -0.15) is 0 Å². The molecule has 2 aromatic carbocycles. The summed E-state index contributed by atoms with van der Waals surface area (Å²) in [5.74, 6) is 1.25. The van der Waals surface area contributed by atoms with Crippen molar-refractivity contribution in [1.29, 1.82) is 0 Å². The second-order valence-corrected chi connectivity index (χ2v) is 8.68. The molecule has 0 bridgehead atoms. The minimum absolute atomic E-state index is 0.0678. The fourth-order valence-electron chi connectivity index (χ4n) is 3.83. The number of carbonyl (C=O) groups is 1. The summed E-state index contributed by atoms with van der Waals surface area (Å²) in [7, 11) is 0. The van der Waals surface area contributed by atoms with Crippen LogP contribution in [0.5, 0.6) is 0 Å². The molecule has 1 aliphatic heterocycles. The number of hydrogen-bond acceptors (Lipinski definition) is 3. The standard InChI is InChI=1S/C25H26N2OS/c1-3-29-23-16-15-21(27-23)24(18-7-5-4-6-8-18)20-13-14-22(26-20)25(28)19-11-9-17(2)10-12-19/h4-13,15-16,22,24,26-27H,3,14H2,1-2H3. The Kier molecular flexibility index (Phi) is 5.91. The molecule has 2 unspecified atom stereocenters. The van der Waals surface area contributed by atoms with E-state index in [9.17, 15) is 4.79 Å². The first-order valence-corrected chi connectivity index (χ1v) is 11.1. The molecule has 1 aromatic heterocycles. The van der Waals surface area contributed by atoms with Gasteiger partial charge in [-0.1, -0.05) is 73.2 Å². The van der Waals surface area contributed by atoms with Gasteiger partial charge in [0.2, 0.25) is 0 Å². The number of Topliss-reactive ketones (excluding diaryl/α,β-unsaturated/α-hetero) is 1. The summed E-state index contributed by atoms with van der Waals surface area (Å²) in [6, 6.07) is 22.4. The van der Waals surface area contributed by atoms with Crippen molar-refractivity contribution in [1.82, 2.24) is 10.3 Å². The van der Waals surface area contributed by atoms with Crippen LogP contribution < -0.4 is 5.32 Å². The minimum Gasteiger partial charge on any atom is -0.377 e. The number of nitrogens with one attached hydrogen (secondary N) is 2. The molecule has 29 heavy (non-hydrogen) atoms. The topological polar surface area (TPSA) is 44.9 Å². The molecule has 0 radical (unpaired) electrons. The van der Waals surface area contributed by atoms with Gasteiger partial charge in [-0.3, -0.25) is 4.79 Å². The van der Waals surface area contributed by atoms with E-state index >= 15 is 0 Å².